The van der Waals surface area contributed by atoms with Crippen LogP contribution in [0, 0.1) is 0 Å². The Labute approximate surface area is 167 Å². The number of nitrogens with zero attached hydrogens (tertiary/aromatic N) is 2. The number of aromatic nitrogens is 2. The molecule has 0 atom stereocenters. The predicted molar refractivity (Wildman–Crippen MR) is 107 cm³/mol. The number of ether oxygens (including phenoxy) is 1. The number of hydrogen-bond donors (Lipinski definition) is 1. The standard InChI is InChI=1S/C19H21N3O4S2/c1-2-25-16-10-6-5-9-15(16)22-28(23,24)17-11-14(12-27-17)18-20-19(26-21-18)13-7-3-4-8-13/h5-6,9-13,22H,2-4,7-8H2,1H3. The fourth-order valence-electron chi connectivity index (χ4n) is 3.29. The van der Waals surface area contributed by atoms with Gasteiger partial charge >= 0.3 is 0 Å². The van der Waals surface area contributed by atoms with Crippen molar-refractivity contribution in [3.8, 4) is 17.1 Å². The first-order chi connectivity index (χ1) is 13.6. The van der Waals surface area contributed by atoms with Crippen molar-refractivity contribution >= 4 is 27.0 Å². The average Bonchev–Trinajstić information content (AvgIpc) is 3.43. The topological polar surface area (TPSA) is 94.3 Å². The third-order valence-corrected chi connectivity index (χ3v) is 7.48. The maximum atomic E-state index is 12.8. The van der Waals surface area contributed by atoms with Crippen LogP contribution >= 0.6 is 11.3 Å². The van der Waals surface area contributed by atoms with Crippen LogP contribution in [0.2, 0.25) is 0 Å². The third-order valence-electron chi connectivity index (χ3n) is 4.68. The first-order valence-corrected chi connectivity index (χ1v) is 11.6. The molecule has 28 heavy (non-hydrogen) atoms. The molecule has 1 N–H and O–H groups in total. The van der Waals surface area contributed by atoms with Gasteiger partial charge in [-0.05, 0) is 38.0 Å². The minimum Gasteiger partial charge on any atom is -0.492 e. The van der Waals surface area contributed by atoms with Crippen molar-refractivity contribution in [3.05, 3.63) is 41.6 Å². The van der Waals surface area contributed by atoms with Gasteiger partial charge in [-0.25, -0.2) is 8.42 Å². The molecule has 1 aromatic carbocycles. The molecule has 2 aromatic heterocycles. The van der Waals surface area contributed by atoms with Gasteiger partial charge in [0.1, 0.15) is 9.96 Å². The van der Waals surface area contributed by atoms with Gasteiger partial charge in [-0.2, -0.15) is 4.98 Å². The van der Waals surface area contributed by atoms with E-state index in [0.717, 1.165) is 24.2 Å². The Bertz CT molecular complexity index is 1050. The average molecular weight is 420 g/mol. The summed E-state index contributed by atoms with van der Waals surface area (Å²) < 4.78 is 39.3. The Morgan fingerprint density at radius 2 is 2.07 bits per heavy atom. The highest BCUT2D eigenvalue weighted by Gasteiger charge is 2.25. The monoisotopic (exact) mass is 419 g/mol. The molecular formula is C19H21N3O4S2. The van der Waals surface area contributed by atoms with Crippen molar-refractivity contribution in [2.45, 2.75) is 42.7 Å². The smallest absolute Gasteiger partial charge is 0.271 e. The van der Waals surface area contributed by atoms with E-state index < -0.39 is 10.0 Å². The van der Waals surface area contributed by atoms with Crippen LogP contribution in [0.3, 0.4) is 0 Å². The van der Waals surface area contributed by atoms with Gasteiger partial charge < -0.3 is 9.26 Å². The normalized spacial score (nSPS) is 15.0. The van der Waals surface area contributed by atoms with Gasteiger partial charge in [0.2, 0.25) is 11.7 Å². The van der Waals surface area contributed by atoms with Crippen LogP contribution in [0.25, 0.3) is 11.4 Å². The number of nitrogens with one attached hydrogen (secondary N) is 1. The molecule has 0 saturated heterocycles. The number of rotatable bonds is 7. The van der Waals surface area contributed by atoms with Crippen molar-refractivity contribution in [2.24, 2.45) is 0 Å². The van der Waals surface area contributed by atoms with E-state index in [4.69, 9.17) is 9.26 Å². The number of sulfonamides is 1. The van der Waals surface area contributed by atoms with Crippen LogP contribution in [0.15, 0.2) is 44.4 Å². The summed E-state index contributed by atoms with van der Waals surface area (Å²) in [5.41, 5.74) is 1.04. The fraction of sp³-hybridized carbons (Fsp3) is 0.368. The first kappa shape index (κ1) is 18.9. The Kier molecular flexibility index (Phi) is 5.36. The lowest BCUT2D eigenvalue weighted by atomic mass is 10.1. The molecule has 0 aliphatic heterocycles. The number of para-hydroxylation sites is 2. The molecule has 0 spiro atoms. The summed E-state index contributed by atoms with van der Waals surface area (Å²) in [6.07, 6.45) is 4.48. The molecule has 3 aromatic rings. The lowest BCUT2D eigenvalue weighted by molar-refractivity contribution is 0.342. The second kappa shape index (κ2) is 7.92. The summed E-state index contributed by atoms with van der Waals surface area (Å²) in [6.45, 7) is 2.30. The van der Waals surface area contributed by atoms with Crippen LogP contribution in [-0.2, 0) is 10.0 Å². The predicted octanol–water partition coefficient (Wildman–Crippen LogP) is 4.66. The van der Waals surface area contributed by atoms with Crippen LogP contribution < -0.4 is 9.46 Å². The van der Waals surface area contributed by atoms with Crippen LogP contribution in [0.1, 0.15) is 44.4 Å². The highest BCUT2D eigenvalue weighted by Crippen LogP contribution is 2.35. The van der Waals surface area contributed by atoms with Gasteiger partial charge in [0, 0.05) is 16.9 Å². The molecule has 1 aliphatic carbocycles. The molecule has 148 valence electrons. The minimum atomic E-state index is -3.75. The summed E-state index contributed by atoms with van der Waals surface area (Å²) in [4.78, 5) is 4.47. The van der Waals surface area contributed by atoms with E-state index in [2.05, 4.69) is 14.9 Å². The molecule has 0 amide bonds. The third kappa shape index (κ3) is 3.90. The zero-order chi connectivity index (χ0) is 19.6. The van der Waals surface area contributed by atoms with Gasteiger partial charge in [-0.3, -0.25) is 4.72 Å². The minimum absolute atomic E-state index is 0.181. The summed E-state index contributed by atoms with van der Waals surface area (Å²) in [5, 5.41) is 5.76. The maximum absolute atomic E-state index is 12.8. The Morgan fingerprint density at radius 3 is 2.86 bits per heavy atom. The zero-order valence-corrected chi connectivity index (χ0v) is 17.1. The largest absolute Gasteiger partial charge is 0.492 e. The lowest BCUT2D eigenvalue weighted by Gasteiger charge is -2.11. The Morgan fingerprint density at radius 1 is 1.29 bits per heavy atom. The van der Waals surface area contributed by atoms with Crippen molar-refractivity contribution in [1.29, 1.82) is 0 Å². The molecule has 1 saturated carbocycles. The van der Waals surface area contributed by atoms with Gasteiger partial charge in [0.25, 0.3) is 10.0 Å². The fourth-order valence-corrected chi connectivity index (χ4v) is 5.52. The molecule has 0 bridgehead atoms. The Hall–Kier alpha value is -2.39. The van der Waals surface area contributed by atoms with Crippen molar-refractivity contribution in [2.75, 3.05) is 11.3 Å². The number of hydrogen-bond acceptors (Lipinski definition) is 7. The van der Waals surface area contributed by atoms with Gasteiger partial charge in [-0.1, -0.05) is 30.1 Å². The van der Waals surface area contributed by atoms with Crippen molar-refractivity contribution in [3.63, 3.8) is 0 Å². The van der Waals surface area contributed by atoms with E-state index in [1.165, 1.54) is 12.8 Å². The van der Waals surface area contributed by atoms with Crippen molar-refractivity contribution < 1.29 is 17.7 Å². The second-order valence-corrected chi connectivity index (χ2v) is 9.45. The molecule has 0 unspecified atom stereocenters. The number of benzene rings is 1. The molecule has 4 rings (SSSR count). The molecule has 2 heterocycles. The van der Waals surface area contributed by atoms with E-state index in [1.54, 1.807) is 35.7 Å². The summed E-state index contributed by atoms with van der Waals surface area (Å²) in [5.74, 6) is 1.88. The molecule has 9 heteroatoms. The Balaban J connectivity index is 1.55. The van der Waals surface area contributed by atoms with Gasteiger partial charge in [-0.15, -0.1) is 11.3 Å². The number of thiophene rings is 1. The summed E-state index contributed by atoms with van der Waals surface area (Å²) in [7, 11) is -3.75. The zero-order valence-electron chi connectivity index (χ0n) is 15.4. The van der Waals surface area contributed by atoms with E-state index in [-0.39, 0.29) is 4.21 Å². The van der Waals surface area contributed by atoms with Crippen molar-refractivity contribution in [1.82, 2.24) is 10.1 Å². The lowest BCUT2D eigenvalue weighted by Crippen LogP contribution is -2.12. The van der Waals surface area contributed by atoms with Gasteiger partial charge in [0.05, 0.1) is 12.3 Å². The molecule has 0 radical (unpaired) electrons. The van der Waals surface area contributed by atoms with E-state index in [9.17, 15) is 8.42 Å². The molecule has 1 fully saturated rings. The summed E-state index contributed by atoms with van der Waals surface area (Å²) >= 11 is 1.12. The number of anilines is 1. The summed E-state index contributed by atoms with van der Waals surface area (Å²) in [6, 6.07) is 8.52. The maximum Gasteiger partial charge on any atom is 0.271 e. The second-order valence-electron chi connectivity index (χ2n) is 6.63. The first-order valence-electron chi connectivity index (χ1n) is 9.24. The molecule has 7 nitrogen and oxygen atoms in total. The molecular weight excluding hydrogens is 398 g/mol. The van der Waals surface area contributed by atoms with Crippen LogP contribution in [0.5, 0.6) is 5.75 Å². The van der Waals surface area contributed by atoms with Crippen LogP contribution in [-0.4, -0.2) is 25.2 Å². The van der Waals surface area contributed by atoms with E-state index in [1.807, 2.05) is 6.92 Å². The quantitative estimate of drug-likeness (QED) is 0.599. The van der Waals surface area contributed by atoms with Crippen LogP contribution in [0.4, 0.5) is 5.69 Å². The highest BCUT2D eigenvalue weighted by atomic mass is 32.2. The highest BCUT2D eigenvalue weighted by molar-refractivity contribution is 7.94. The SMILES string of the molecule is CCOc1ccccc1NS(=O)(=O)c1cc(-c2noc(C3CCCC3)n2)cs1. The van der Waals surface area contributed by atoms with E-state index in [0.29, 0.717) is 41.2 Å². The van der Waals surface area contributed by atoms with Gasteiger partial charge in [0.15, 0.2) is 0 Å². The van der Waals surface area contributed by atoms with E-state index >= 15 is 0 Å². The molecule has 1 aliphatic rings.